The standard InChI is InChI=1S/C50H31N3O2/c1-30-22-25-41-45(26-30)55-44-21-9-18-39(47(41)44)34-13-7-15-36(29-34)49-51-48(52-50(53-49)37-24-23-31-10-2-3-11-32(31)27-37)35-14-6-12-33(28-35)38-17-8-20-43-46(38)40-16-4-5-19-42(40)54-43/h2-29H,1H3. The molecule has 8 aromatic carbocycles. The molecular formula is C50H31N3O2. The summed E-state index contributed by atoms with van der Waals surface area (Å²) in [5, 5.41) is 6.67. The molecule has 3 heterocycles. The van der Waals surface area contributed by atoms with Gasteiger partial charge in [-0.3, -0.25) is 0 Å². The van der Waals surface area contributed by atoms with E-state index in [0.29, 0.717) is 17.5 Å². The minimum atomic E-state index is 0.600. The maximum absolute atomic E-state index is 6.31. The monoisotopic (exact) mass is 705 g/mol. The zero-order chi connectivity index (χ0) is 36.5. The summed E-state index contributed by atoms with van der Waals surface area (Å²) >= 11 is 0. The molecule has 0 fully saturated rings. The van der Waals surface area contributed by atoms with Gasteiger partial charge in [0.15, 0.2) is 17.5 Å². The van der Waals surface area contributed by atoms with E-state index in [1.165, 1.54) is 10.9 Å². The van der Waals surface area contributed by atoms with Crippen LogP contribution in [0, 0.1) is 6.92 Å². The van der Waals surface area contributed by atoms with Crippen molar-refractivity contribution in [2.45, 2.75) is 6.92 Å². The highest BCUT2D eigenvalue weighted by Gasteiger charge is 2.18. The second-order valence-corrected chi connectivity index (χ2v) is 14.1. The first kappa shape index (κ1) is 31.2. The molecule has 55 heavy (non-hydrogen) atoms. The molecule has 0 aliphatic rings. The van der Waals surface area contributed by atoms with Crippen LogP contribution in [0.25, 0.3) is 111 Å². The third-order valence-corrected chi connectivity index (χ3v) is 10.6. The van der Waals surface area contributed by atoms with Gasteiger partial charge >= 0.3 is 0 Å². The fourth-order valence-corrected chi connectivity index (χ4v) is 7.93. The van der Waals surface area contributed by atoms with Gasteiger partial charge in [0, 0.05) is 38.2 Å². The van der Waals surface area contributed by atoms with Crippen LogP contribution in [0.3, 0.4) is 0 Å². The number of rotatable bonds is 5. The van der Waals surface area contributed by atoms with Gasteiger partial charge in [-0.2, -0.15) is 0 Å². The SMILES string of the molecule is Cc1ccc2c(c1)oc1cccc(-c3cccc(-c4nc(-c5cccc(-c6cccc7oc8ccccc8c67)c5)nc(-c5ccc6ccccc6c5)n4)c3)c12. The lowest BCUT2D eigenvalue weighted by atomic mass is 9.97. The largest absolute Gasteiger partial charge is 0.456 e. The molecular weight excluding hydrogens is 675 g/mol. The van der Waals surface area contributed by atoms with Crippen LogP contribution in [0.4, 0.5) is 0 Å². The molecule has 5 heteroatoms. The van der Waals surface area contributed by atoms with Crippen molar-refractivity contribution in [3.63, 3.8) is 0 Å². The van der Waals surface area contributed by atoms with Crippen molar-refractivity contribution in [1.82, 2.24) is 15.0 Å². The molecule has 0 saturated carbocycles. The summed E-state index contributed by atoms with van der Waals surface area (Å²) in [6.45, 7) is 2.09. The van der Waals surface area contributed by atoms with E-state index in [-0.39, 0.29) is 0 Å². The predicted octanol–water partition coefficient (Wildman–Crippen LogP) is 13.5. The number of fused-ring (bicyclic) bond motifs is 7. The Morgan fingerprint density at radius 3 is 1.53 bits per heavy atom. The van der Waals surface area contributed by atoms with Gasteiger partial charge in [0.1, 0.15) is 22.3 Å². The molecule has 11 aromatic rings. The smallest absolute Gasteiger partial charge is 0.164 e. The summed E-state index contributed by atoms with van der Waals surface area (Å²) in [6.07, 6.45) is 0. The molecule has 0 unspecified atom stereocenters. The maximum Gasteiger partial charge on any atom is 0.164 e. The van der Waals surface area contributed by atoms with Crippen LogP contribution in [0.2, 0.25) is 0 Å². The number of furan rings is 2. The Balaban J connectivity index is 1.09. The molecule has 0 aliphatic carbocycles. The zero-order valence-corrected chi connectivity index (χ0v) is 29.8. The predicted molar refractivity (Wildman–Crippen MR) is 224 cm³/mol. The first-order valence-corrected chi connectivity index (χ1v) is 18.4. The Morgan fingerprint density at radius 1 is 0.345 bits per heavy atom. The van der Waals surface area contributed by atoms with Crippen molar-refractivity contribution in [1.29, 1.82) is 0 Å². The Hall–Kier alpha value is -7.37. The van der Waals surface area contributed by atoms with E-state index in [9.17, 15) is 0 Å². The van der Waals surface area contributed by atoms with E-state index >= 15 is 0 Å². The minimum Gasteiger partial charge on any atom is -0.456 e. The number of aromatic nitrogens is 3. The van der Waals surface area contributed by atoms with Crippen LogP contribution in [-0.2, 0) is 0 Å². The number of hydrogen-bond acceptors (Lipinski definition) is 5. The number of aryl methyl sites for hydroxylation is 1. The number of benzene rings is 8. The Kier molecular flexibility index (Phi) is 7.01. The average molecular weight is 706 g/mol. The molecule has 0 spiro atoms. The zero-order valence-electron chi connectivity index (χ0n) is 29.8. The molecule has 0 N–H and O–H groups in total. The Morgan fingerprint density at radius 2 is 0.855 bits per heavy atom. The minimum absolute atomic E-state index is 0.600. The lowest BCUT2D eigenvalue weighted by Crippen LogP contribution is -2.00. The summed E-state index contributed by atoms with van der Waals surface area (Å²) in [4.78, 5) is 15.5. The highest BCUT2D eigenvalue weighted by Crippen LogP contribution is 2.40. The first-order chi connectivity index (χ1) is 27.1. The van der Waals surface area contributed by atoms with Gasteiger partial charge in [0.05, 0.1) is 0 Å². The van der Waals surface area contributed by atoms with Crippen LogP contribution < -0.4 is 0 Å². The molecule has 0 radical (unpaired) electrons. The van der Waals surface area contributed by atoms with E-state index in [4.69, 9.17) is 23.8 Å². The fourth-order valence-electron chi connectivity index (χ4n) is 7.93. The van der Waals surface area contributed by atoms with Crippen molar-refractivity contribution >= 4 is 54.6 Å². The lowest BCUT2D eigenvalue weighted by Gasteiger charge is -2.11. The Bertz CT molecular complexity index is 3300. The van der Waals surface area contributed by atoms with Crippen LogP contribution in [0.1, 0.15) is 5.56 Å². The second-order valence-electron chi connectivity index (χ2n) is 14.1. The number of nitrogens with zero attached hydrogens (tertiary/aromatic N) is 3. The van der Waals surface area contributed by atoms with E-state index < -0.39 is 0 Å². The summed E-state index contributed by atoms with van der Waals surface area (Å²) in [7, 11) is 0. The van der Waals surface area contributed by atoms with Crippen molar-refractivity contribution in [3.8, 4) is 56.4 Å². The summed E-state index contributed by atoms with van der Waals surface area (Å²) in [6, 6.07) is 58.7. The quantitative estimate of drug-likeness (QED) is 0.178. The average Bonchev–Trinajstić information content (AvgIpc) is 3.81. The summed E-state index contributed by atoms with van der Waals surface area (Å²) in [5.41, 5.74) is 11.7. The van der Waals surface area contributed by atoms with Gasteiger partial charge < -0.3 is 8.83 Å². The van der Waals surface area contributed by atoms with Crippen LogP contribution in [0.5, 0.6) is 0 Å². The molecule has 0 amide bonds. The molecule has 11 rings (SSSR count). The van der Waals surface area contributed by atoms with E-state index in [2.05, 4.69) is 146 Å². The second kappa shape index (κ2) is 12.4. The van der Waals surface area contributed by atoms with Gasteiger partial charge in [-0.1, -0.05) is 127 Å². The lowest BCUT2D eigenvalue weighted by molar-refractivity contribution is 0.668. The van der Waals surface area contributed by atoms with Crippen LogP contribution in [-0.4, -0.2) is 15.0 Å². The normalized spacial score (nSPS) is 11.7. The van der Waals surface area contributed by atoms with Gasteiger partial charge in [-0.25, -0.2) is 15.0 Å². The molecule has 0 atom stereocenters. The molecule has 5 nitrogen and oxygen atoms in total. The molecule has 258 valence electrons. The van der Waals surface area contributed by atoms with Crippen molar-refractivity contribution < 1.29 is 8.83 Å². The van der Waals surface area contributed by atoms with Crippen molar-refractivity contribution in [3.05, 3.63) is 175 Å². The summed E-state index contributed by atoms with van der Waals surface area (Å²) in [5.74, 6) is 1.81. The maximum atomic E-state index is 6.31. The molecule has 0 saturated heterocycles. The number of para-hydroxylation sites is 1. The van der Waals surface area contributed by atoms with E-state index in [1.807, 2.05) is 30.3 Å². The first-order valence-electron chi connectivity index (χ1n) is 18.4. The number of hydrogen-bond donors (Lipinski definition) is 0. The van der Waals surface area contributed by atoms with E-state index in [1.54, 1.807) is 0 Å². The molecule has 3 aromatic heterocycles. The molecule has 0 bridgehead atoms. The fraction of sp³-hybridized carbons (Fsp3) is 0.0200. The third-order valence-electron chi connectivity index (χ3n) is 10.6. The summed E-state index contributed by atoms with van der Waals surface area (Å²) < 4.78 is 12.6. The Labute approximate surface area is 316 Å². The van der Waals surface area contributed by atoms with Crippen LogP contribution >= 0.6 is 0 Å². The van der Waals surface area contributed by atoms with Gasteiger partial charge in [-0.15, -0.1) is 0 Å². The van der Waals surface area contributed by atoms with Crippen molar-refractivity contribution in [2.24, 2.45) is 0 Å². The van der Waals surface area contributed by atoms with Gasteiger partial charge in [0.2, 0.25) is 0 Å². The highest BCUT2D eigenvalue weighted by molar-refractivity contribution is 6.13. The van der Waals surface area contributed by atoms with Gasteiger partial charge in [-0.05, 0) is 88.0 Å². The van der Waals surface area contributed by atoms with Crippen LogP contribution in [0.15, 0.2) is 179 Å². The molecule has 0 aliphatic heterocycles. The highest BCUT2D eigenvalue weighted by atomic mass is 16.3. The van der Waals surface area contributed by atoms with Crippen molar-refractivity contribution in [2.75, 3.05) is 0 Å². The topological polar surface area (TPSA) is 65.0 Å². The van der Waals surface area contributed by atoms with Gasteiger partial charge in [0.25, 0.3) is 0 Å². The van der Waals surface area contributed by atoms with E-state index in [0.717, 1.165) is 88.2 Å². The third kappa shape index (κ3) is 5.28.